The molecule has 0 saturated carbocycles. The van der Waals surface area contributed by atoms with Crippen molar-refractivity contribution in [1.29, 1.82) is 0 Å². The van der Waals surface area contributed by atoms with Gasteiger partial charge in [-0.05, 0) is 32.7 Å². The summed E-state index contributed by atoms with van der Waals surface area (Å²) in [5.41, 5.74) is 1.19. The molecule has 1 aromatic rings. The molecule has 1 rings (SSSR count). The summed E-state index contributed by atoms with van der Waals surface area (Å²) in [4.78, 5) is 0. The van der Waals surface area contributed by atoms with E-state index in [1.165, 1.54) is 5.69 Å². The van der Waals surface area contributed by atoms with Gasteiger partial charge in [-0.3, -0.25) is 4.68 Å². The molecule has 0 spiro atoms. The predicted molar refractivity (Wildman–Crippen MR) is 72.2 cm³/mol. The number of rotatable bonds is 7. The van der Waals surface area contributed by atoms with Gasteiger partial charge in [-0.25, -0.2) is 0 Å². The van der Waals surface area contributed by atoms with Gasteiger partial charge < -0.3 is 5.32 Å². The van der Waals surface area contributed by atoms with E-state index in [1.807, 2.05) is 16.4 Å². The van der Waals surface area contributed by atoms with Gasteiger partial charge in [-0.1, -0.05) is 6.92 Å². The molecule has 1 N–H and O–H groups in total. The molecule has 4 heteroatoms. The van der Waals surface area contributed by atoms with Crippen LogP contribution in [0.25, 0.3) is 0 Å². The molecule has 0 radical (unpaired) electrons. The number of nitrogens with zero attached hydrogens (tertiary/aromatic N) is 2. The van der Waals surface area contributed by atoms with Crippen LogP contribution in [0.4, 0.5) is 0 Å². The molecule has 0 aliphatic carbocycles. The molecule has 1 unspecified atom stereocenters. The quantitative estimate of drug-likeness (QED) is 0.795. The van der Waals surface area contributed by atoms with Crippen LogP contribution >= 0.6 is 11.8 Å². The Labute approximate surface area is 103 Å². The highest BCUT2D eigenvalue weighted by molar-refractivity contribution is 7.98. The number of likely N-dealkylation sites (N-methyl/N-ethyl adjacent to an activating group) is 1. The van der Waals surface area contributed by atoms with Gasteiger partial charge in [0.25, 0.3) is 0 Å². The summed E-state index contributed by atoms with van der Waals surface area (Å²) in [6.45, 7) is 7.48. The Morgan fingerprint density at radius 1 is 1.50 bits per heavy atom. The Bertz CT molecular complexity index is 290. The lowest BCUT2D eigenvalue weighted by molar-refractivity contribution is 0.513. The van der Waals surface area contributed by atoms with E-state index < -0.39 is 0 Å². The summed E-state index contributed by atoms with van der Waals surface area (Å²) >= 11 is 1.88. The van der Waals surface area contributed by atoms with Gasteiger partial charge >= 0.3 is 0 Å². The Kier molecular flexibility index (Phi) is 5.91. The lowest BCUT2D eigenvalue weighted by Crippen LogP contribution is -2.33. The zero-order valence-corrected chi connectivity index (χ0v) is 11.5. The van der Waals surface area contributed by atoms with Crippen molar-refractivity contribution in [3.05, 3.63) is 18.0 Å². The van der Waals surface area contributed by atoms with Gasteiger partial charge in [0.15, 0.2) is 0 Å². The van der Waals surface area contributed by atoms with E-state index in [2.05, 4.69) is 49.7 Å². The first-order chi connectivity index (χ1) is 7.67. The van der Waals surface area contributed by atoms with Crippen LogP contribution in [0.1, 0.15) is 32.5 Å². The van der Waals surface area contributed by atoms with E-state index in [0.29, 0.717) is 12.1 Å². The fourth-order valence-electron chi connectivity index (χ4n) is 1.71. The fraction of sp³-hybridized carbons (Fsp3) is 0.750. The van der Waals surface area contributed by atoms with Gasteiger partial charge in [-0.15, -0.1) is 0 Å². The monoisotopic (exact) mass is 241 g/mol. The Morgan fingerprint density at radius 3 is 2.75 bits per heavy atom. The fourth-order valence-corrected chi connectivity index (χ4v) is 2.34. The first kappa shape index (κ1) is 13.6. The summed E-state index contributed by atoms with van der Waals surface area (Å²) in [6.07, 6.45) is 5.24. The second kappa shape index (κ2) is 6.97. The van der Waals surface area contributed by atoms with E-state index in [0.717, 1.165) is 18.7 Å². The first-order valence-electron chi connectivity index (χ1n) is 5.93. The maximum absolute atomic E-state index is 4.58. The number of hydrogen-bond acceptors (Lipinski definition) is 3. The number of hydrogen-bond donors (Lipinski definition) is 1. The van der Waals surface area contributed by atoms with Crippen LogP contribution < -0.4 is 5.32 Å². The zero-order chi connectivity index (χ0) is 12.0. The predicted octanol–water partition coefficient (Wildman–Crippen LogP) is 2.35. The molecule has 16 heavy (non-hydrogen) atoms. The largest absolute Gasteiger partial charge is 0.313 e. The molecular formula is C12H23N3S. The van der Waals surface area contributed by atoms with Crippen LogP contribution in [0.5, 0.6) is 0 Å². The van der Waals surface area contributed by atoms with Crippen molar-refractivity contribution >= 4 is 11.8 Å². The van der Waals surface area contributed by atoms with Gasteiger partial charge in [0.1, 0.15) is 0 Å². The zero-order valence-electron chi connectivity index (χ0n) is 10.7. The third-order valence-corrected chi connectivity index (χ3v) is 3.24. The van der Waals surface area contributed by atoms with Crippen molar-refractivity contribution in [3.8, 4) is 0 Å². The summed E-state index contributed by atoms with van der Waals surface area (Å²) in [6, 6.07) is 3.12. The minimum Gasteiger partial charge on any atom is -0.313 e. The van der Waals surface area contributed by atoms with Crippen LogP contribution in [0.2, 0.25) is 0 Å². The number of nitrogens with one attached hydrogen (secondary N) is 1. The number of thioether (sulfide) groups is 1. The van der Waals surface area contributed by atoms with Crippen molar-refractivity contribution in [3.63, 3.8) is 0 Å². The SMILES string of the molecule is CCNC(CSC)Cc1ccn(C(C)C)n1. The van der Waals surface area contributed by atoms with Crippen molar-refractivity contribution in [2.75, 3.05) is 18.6 Å². The minimum absolute atomic E-state index is 0.451. The van der Waals surface area contributed by atoms with Crippen LogP contribution in [0.3, 0.4) is 0 Å². The second-order valence-corrected chi connectivity index (χ2v) is 5.21. The normalized spacial score (nSPS) is 13.3. The average Bonchev–Trinajstić information content (AvgIpc) is 2.67. The van der Waals surface area contributed by atoms with Gasteiger partial charge in [-0.2, -0.15) is 16.9 Å². The molecule has 92 valence electrons. The van der Waals surface area contributed by atoms with Gasteiger partial charge in [0, 0.05) is 30.5 Å². The standard InChI is InChI=1S/C12H23N3S/c1-5-13-12(9-16-4)8-11-6-7-15(14-11)10(2)3/h6-7,10,12-13H,5,8-9H2,1-4H3. The minimum atomic E-state index is 0.451. The smallest absolute Gasteiger partial charge is 0.0640 e. The van der Waals surface area contributed by atoms with Crippen LogP contribution in [-0.4, -0.2) is 34.4 Å². The summed E-state index contributed by atoms with van der Waals surface area (Å²) in [7, 11) is 0. The van der Waals surface area contributed by atoms with E-state index in [1.54, 1.807) is 0 Å². The molecule has 0 amide bonds. The average molecular weight is 241 g/mol. The molecule has 1 atom stereocenters. The van der Waals surface area contributed by atoms with Crippen LogP contribution in [0, 0.1) is 0 Å². The molecule has 0 aliphatic rings. The molecule has 0 aromatic carbocycles. The molecule has 1 aromatic heterocycles. The van der Waals surface area contributed by atoms with Gasteiger partial charge in [0.05, 0.1) is 5.69 Å². The highest BCUT2D eigenvalue weighted by Crippen LogP contribution is 2.08. The van der Waals surface area contributed by atoms with Crippen molar-refractivity contribution in [2.24, 2.45) is 0 Å². The third kappa shape index (κ3) is 4.18. The lowest BCUT2D eigenvalue weighted by Gasteiger charge is -2.15. The van der Waals surface area contributed by atoms with Crippen molar-refractivity contribution in [2.45, 2.75) is 39.3 Å². The Morgan fingerprint density at radius 2 is 2.25 bits per heavy atom. The summed E-state index contributed by atoms with van der Waals surface area (Å²) < 4.78 is 2.03. The lowest BCUT2D eigenvalue weighted by atomic mass is 10.2. The summed E-state index contributed by atoms with van der Waals surface area (Å²) in [5.74, 6) is 1.14. The highest BCUT2D eigenvalue weighted by atomic mass is 32.2. The highest BCUT2D eigenvalue weighted by Gasteiger charge is 2.10. The molecule has 1 heterocycles. The van der Waals surface area contributed by atoms with Gasteiger partial charge in [0.2, 0.25) is 0 Å². The molecule has 0 saturated heterocycles. The maximum atomic E-state index is 4.58. The van der Waals surface area contributed by atoms with Crippen molar-refractivity contribution < 1.29 is 0 Å². The number of aromatic nitrogens is 2. The molecule has 0 bridgehead atoms. The molecule has 0 fully saturated rings. The topological polar surface area (TPSA) is 29.9 Å². The summed E-state index contributed by atoms with van der Waals surface area (Å²) in [5, 5.41) is 8.08. The van der Waals surface area contributed by atoms with E-state index >= 15 is 0 Å². The van der Waals surface area contributed by atoms with E-state index in [9.17, 15) is 0 Å². The molecule has 0 aliphatic heterocycles. The molecular weight excluding hydrogens is 218 g/mol. The first-order valence-corrected chi connectivity index (χ1v) is 7.33. The Hall–Kier alpha value is -0.480. The molecule has 3 nitrogen and oxygen atoms in total. The van der Waals surface area contributed by atoms with E-state index in [4.69, 9.17) is 0 Å². The maximum Gasteiger partial charge on any atom is 0.0640 e. The van der Waals surface area contributed by atoms with Crippen LogP contribution in [-0.2, 0) is 6.42 Å². The van der Waals surface area contributed by atoms with Crippen LogP contribution in [0.15, 0.2) is 12.3 Å². The van der Waals surface area contributed by atoms with Crippen molar-refractivity contribution in [1.82, 2.24) is 15.1 Å². The second-order valence-electron chi connectivity index (χ2n) is 4.29. The third-order valence-electron chi connectivity index (χ3n) is 2.51. The van der Waals surface area contributed by atoms with E-state index in [-0.39, 0.29) is 0 Å². The Balaban J connectivity index is 2.55.